The zero-order valence-electron chi connectivity index (χ0n) is 18.4. The van der Waals surface area contributed by atoms with Crippen LogP contribution in [0.2, 0.25) is 0 Å². The van der Waals surface area contributed by atoms with E-state index in [1.165, 1.54) is 12.8 Å². The standard InChI is InChI=1S/C21H39N5O3/c1-5-8-14(3)9-7-10-23-17-18(20(28)19(17)27)24-11-12-25-21(29)16(13-22)26-15(4)6-2/h14-16,23-24,26H,5-13,22H2,1-4H3,(H,25,29)/t14?,15?,16-/m1/s1. The summed E-state index contributed by atoms with van der Waals surface area (Å²) < 4.78 is 0. The van der Waals surface area contributed by atoms with Crippen molar-refractivity contribution in [3.8, 4) is 0 Å². The minimum atomic E-state index is -0.503. The van der Waals surface area contributed by atoms with Gasteiger partial charge >= 0.3 is 0 Å². The van der Waals surface area contributed by atoms with Gasteiger partial charge in [-0.3, -0.25) is 14.4 Å². The number of anilines is 2. The van der Waals surface area contributed by atoms with Crippen LogP contribution in [0.1, 0.15) is 59.8 Å². The van der Waals surface area contributed by atoms with Gasteiger partial charge in [-0.1, -0.05) is 33.6 Å². The van der Waals surface area contributed by atoms with Crippen molar-refractivity contribution in [1.82, 2.24) is 10.6 Å². The van der Waals surface area contributed by atoms with Crippen molar-refractivity contribution < 1.29 is 4.79 Å². The van der Waals surface area contributed by atoms with E-state index in [-0.39, 0.29) is 18.5 Å². The number of carbonyl (C=O) groups excluding carboxylic acids is 1. The summed E-state index contributed by atoms with van der Waals surface area (Å²) in [6.07, 6.45) is 5.34. The van der Waals surface area contributed by atoms with Crippen LogP contribution in [0, 0.1) is 5.92 Å². The molecule has 8 heteroatoms. The van der Waals surface area contributed by atoms with E-state index in [2.05, 4.69) is 35.1 Å². The molecule has 0 radical (unpaired) electrons. The second-order valence-corrected chi connectivity index (χ2v) is 7.85. The first kappa shape index (κ1) is 25.1. The summed E-state index contributed by atoms with van der Waals surface area (Å²) in [6.45, 7) is 10.0. The van der Waals surface area contributed by atoms with E-state index in [1.54, 1.807) is 0 Å². The molecule has 0 fully saturated rings. The zero-order valence-corrected chi connectivity index (χ0v) is 18.4. The van der Waals surface area contributed by atoms with Crippen LogP contribution >= 0.6 is 0 Å². The normalized spacial score (nSPS) is 14.4. The summed E-state index contributed by atoms with van der Waals surface area (Å²) in [7, 11) is 0. The van der Waals surface area contributed by atoms with Crippen molar-refractivity contribution in [2.75, 3.05) is 36.8 Å². The van der Waals surface area contributed by atoms with Gasteiger partial charge in [0.25, 0.3) is 10.9 Å². The van der Waals surface area contributed by atoms with Gasteiger partial charge in [0.2, 0.25) is 5.91 Å². The summed E-state index contributed by atoms with van der Waals surface area (Å²) >= 11 is 0. The molecule has 1 aromatic rings. The van der Waals surface area contributed by atoms with Gasteiger partial charge in [0, 0.05) is 32.2 Å². The van der Waals surface area contributed by atoms with Crippen LogP contribution in [0.25, 0.3) is 0 Å². The van der Waals surface area contributed by atoms with Crippen molar-refractivity contribution >= 4 is 17.3 Å². The minimum absolute atomic E-state index is 0.167. The fraction of sp³-hybridized carbons (Fsp3) is 0.762. The SMILES string of the molecule is CCCC(C)CCCNc1c(NCCNC(=O)[C@@H](CN)NC(C)CC)c(=O)c1=O. The summed E-state index contributed by atoms with van der Waals surface area (Å²) in [4.78, 5) is 35.8. The Bertz CT molecular complexity index is 684. The van der Waals surface area contributed by atoms with E-state index in [1.807, 2.05) is 13.8 Å². The molecule has 0 saturated carbocycles. The van der Waals surface area contributed by atoms with Gasteiger partial charge in [-0.15, -0.1) is 0 Å². The summed E-state index contributed by atoms with van der Waals surface area (Å²) in [5.41, 5.74) is 5.37. The highest BCUT2D eigenvalue weighted by atomic mass is 16.2. The van der Waals surface area contributed by atoms with Crippen molar-refractivity contribution in [3.05, 3.63) is 20.4 Å². The molecule has 1 rings (SSSR count). The lowest BCUT2D eigenvalue weighted by Gasteiger charge is -2.21. The molecule has 29 heavy (non-hydrogen) atoms. The van der Waals surface area contributed by atoms with Crippen molar-refractivity contribution in [3.63, 3.8) is 0 Å². The molecule has 2 unspecified atom stereocenters. The molecule has 0 aromatic heterocycles. The van der Waals surface area contributed by atoms with E-state index in [0.29, 0.717) is 36.9 Å². The van der Waals surface area contributed by atoms with Gasteiger partial charge in [-0.25, -0.2) is 0 Å². The molecule has 1 amide bonds. The monoisotopic (exact) mass is 409 g/mol. The van der Waals surface area contributed by atoms with E-state index in [9.17, 15) is 14.4 Å². The molecule has 0 heterocycles. The molecule has 0 saturated heterocycles. The Morgan fingerprint density at radius 2 is 1.59 bits per heavy atom. The van der Waals surface area contributed by atoms with Crippen LogP contribution in [0.15, 0.2) is 9.59 Å². The Morgan fingerprint density at radius 1 is 0.966 bits per heavy atom. The van der Waals surface area contributed by atoms with Crippen molar-refractivity contribution in [2.45, 2.75) is 71.9 Å². The Kier molecular flexibility index (Phi) is 11.5. The fourth-order valence-electron chi connectivity index (χ4n) is 3.24. The van der Waals surface area contributed by atoms with Gasteiger partial charge in [0.15, 0.2) is 0 Å². The van der Waals surface area contributed by atoms with Crippen LogP contribution in [0.5, 0.6) is 0 Å². The molecule has 3 atom stereocenters. The second-order valence-electron chi connectivity index (χ2n) is 7.85. The Balaban J connectivity index is 2.38. The van der Waals surface area contributed by atoms with E-state index in [0.717, 1.165) is 19.3 Å². The highest BCUT2D eigenvalue weighted by Crippen LogP contribution is 2.16. The van der Waals surface area contributed by atoms with Gasteiger partial charge < -0.3 is 27.0 Å². The predicted molar refractivity (Wildman–Crippen MR) is 120 cm³/mol. The summed E-state index contributed by atoms with van der Waals surface area (Å²) in [6, 6.07) is -0.238. The first-order valence-corrected chi connectivity index (χ1v) is 10.9. The quantitative estimate of drug-likeness (QED) is 0.205. The number of hydrogen-bond acceptors (Lipinski definition) is 7. The van der Waals surface area contributed by atoms with Crippen LogP contribution in [-0.2, 0) is 4.79 Å². The molecule has 0 aliphatic rings. The number of nitrogens with one attached hydrogen (secondary N) is 4. The lowest BCUT2D eigenvalue weighted by molar-refractivity contribution is -0.123. The van der Waals surface area contributed by atoms with E-state index in [4.69, 9.17) is 5.73 Å². The van der Waals surface area contributed by atoms with Crippen LogP contribution in [0.3, 0.4) is 0 Å². The smallest absolute Gasteiger partial charge is 0.253 e. The number of hydrogen-bond donors (Lipinski definition) is 5. The lowest BCUT2D eigenvalue weighted by Crippen LogP contribution is -2.52. The Hall–Kier alpha value is -1.93. The highest BCUT2D eigenvalue weighted by Gasteiger charge is 2.21. The predicted octanol–water partition coefficient (Wildman–Crippen LogP) is 1.15. The topological polar surface area (TPSA) is 125 Å². The largest absolute Gasteiger partial charge is 0.380 e. The molecule has 8 nitrogen and oxygen atoms in total. The second kappa shape index (κ2) is 13.3. The molecule has 1 aromatic carbocycles. The molecule has 0 bridgehead atoms. The molecule has 0 aliphatic heterocycles. The van der Waals surface area contributed by atoms with Gasteiger partial charge in [0.1, 0.15) is 11.4 Å². The maximum atomic E-state index is 12.2. The minimum Gasteiger partial charge on any atom is -0.380 e. The van der Waals surface area contributed by atoms with E-state index >= 15 is 0 Å². The molecule has 6 N–H and O–H groups in total. The third-order valence-electron chi connectivity index (χ3n) is 5.24. The molecule has 0 spiro atoms. The molecule has 0 aliphatic carbocycles. The Labute approximate surface area is 174 Å². The average molecular weight is 410 g/mol. The molecule has 166 valence electrons. The van der Waals surface area contributed by atoms with Crippen LogP contribution < -0.4 is 37.9 Å². The molecular weight excluding hydrogens is 370 g/mol. The number of amides is 1. The van der Waals surface area contributed by atoms with Crippen molar-refractivity contribution in [1.29, 1.82) is 0 Å². The van der Waals surface area contributed by atoms with Crippen molar-refractivity contribution in [2.24, 2.45) is 11.7 Å². The highest BCUT2D eigenvalue weighted by molar-refractivity contribution is 5.82. The Morgan fingerprint density at radius 3 is 2.14 bits per heavy atom. The maximum absolute atomic E-state index is 12.2. The van der Waals surface area contributed by atoms with Gasteiger partial charge in [0.05, 0.1) is 6.04 Å². The third kappa shape index (κ3) is 8.14. The lowest BCUT2D eigenvalue weighted by atomic mass is 10.0. The van der Waals surface area contributed by atoms with E-state index < -0.39 is 16.9 Å². The van der Waals surface area contributed by atoms with Gasteiger partial charge in [-0.2, -0.15) is 0 Å². The number of rotatable bonds is 16. The molecular formula is C21H39N5O3. The average Bonchev–Trinajstić information content (AvgIpc) is 2.72. The fourth-order valence-corrected chi connectivity index (χ4v) is 3.24. The summed E-state index contributed by atoms with van der Waals surface area (Å²) in [5, 5.41) is 12.0. The summed E-state index contributed by atoms with van der Waals surface area (Å²) in [5.74, 6) is 0.502. The number of nitrogens with two attached hydrogens (primary N) is 1. The zero-order chi connectivity index (χ0) is 21.8. The first-order valence-electron chi connectivity index (χ1n) is 10.9. The number of carbonyl (C=O) groups is 1. The van der Waals surface area contributed by atoms with Gasteiger partial charge in [-0.05, 0) is 32.1 Å². The first-order chi connectivity index (χ1) is 13.8. The third-order valence-corrected chi connectivity index (χ3v) is 5.24. The van der Waals surface area contributed by atoms with Crippen LogP contribution in [0.4, 0.5) is 11.4 Å². The van der Waals surface area contributed by atoms with Crippen LogP contribution in [-0.4, -0.2) is 44.2 Å². The maximum Gasteiger partial charge on any atom is 0.253 e.